The molecule has 0 aliphatic carbocycles. The Labute approximate surface area is 98.6 Å². The van der Waals surface area contributed by atoms with E-state index in [1.807, 2.05) is 0 Å². The van der Waals surface area contributed by atoms with E-state index in [-0.39, 0.29) is 5.97 Å². The summed E-state index contributed by atoms with van der Waals surface area (Å²) in [5, 5.41) is 2.57. The molecule has 0 bridgehead atoms. The molecular formula is C10H16N2O3S. The van der Waals surface area contributed by atoms with Gasteiger partial charge in [0.2, 0.25) is 0 Å². The summed E-state index contributed by atoms with van der Waals surface area (Å²) in [6.07, 6.45) is 1.39. The maximum atomic E-state index is 11.5. The molecule has 0 saturated carbocycles. The molecule has 1 heterocycles. The highest BCUT2D eigenvalue weighted by Crippen LogP contribution is 2.11. The van der Waals surface area contributed by atoms with Gasteiger partial charge in [-0.15, -0.1) is 11.3 Å². The second kappa shape index (κ2) is 7.32. The molecule has 0 fully saturated rings. The summed E-state index contributed by atoms with van der Waals surface area (Å²) in [6, 6.07) is 0. The first-order valence-electron chi connectivity index (χ1n) is 5.08. The molecule has 6 heteroatoms. The van der Waals surface area contributed by atoms with Gasteiger partial charge in [-0.2, -0.15) is 0 Å². The minimum Gasteiger partial charge on any atom is -0.461 e. The lowest BCUT2D eigenvalue weighted by Gasteiger charge is -2.01. The molecule has 0 atom stereocenters. The highest BCUT2D eigenvalue weighted by Gasteiger charge is 2.11. The summed E-state index contributed by atoms with van der Waals surface area (Å²) in [4.78, 5) is 15.6. The zero-order valence-electron chi connectivity index (χ0n) is 9.27. The Morgan fingerprint density at radius 1 is 1.56 bits per heavy atom. The lowest BCUT2D eigenvalue weighted by Crippen LogP contribution is -2.09. The van der Waals surface area contributed by atoms with Crippen LogP contribution in [0, 0.1) is 0 Å². The van der Waals surface area contributed by atoms with Crippen LogP contribution in [0.25, 0.3) is 0 Å². The van der Waals surface area contributed by atoms with E-state index in [1.54, 1.807) is 12.5 Å². The van der Waals surface area contributed by atoms with Crippen molar-refractivity contribution in [3.8, 4) is 0 Å². The molecular weight excluding hydrogens is 228 g/mol. The van der Waals surface area contributed by atoms with Crippen molar-refractivity contribution in [2.75, 3.05) is 26.9 Å². The Hall–Kier alpha value is -0.980. The van der Waals surface area contributed by atoms with Crippen molar-refractivity contribution in [2.45, 2.75) is 12.8 Å². The maximum Gasteiger partial charge on any atom is 0.357 e. The van der Waals surface area contributed by atoms with E-state index in [0.29, 0.717) is 38.3 Å². The van der Waals surface area contributed by atoms with Crippen molar-refractivity contribution < 1.29 is 14.3 Å². The first-order chi connectivity index (χ1) is 7.77. The fraction of sp³-hybridized carbons (Fsp3) is 0.600. The molecule has 1 aromatic heterocycles. The first kappa shape index (κ1) is 13.1. The molecule has 16 heavy (non-hydrogen) atoms. The summed E-state index contributed by atoms with van der Waals surface area (Å²) in [5.41, 5.74) is 5.76. The second-order valence-corrected chi connectivity index (χ2v) is 4.09. The highest BCUT2D eigenvalue weighted by molar-refractivity contribution is 7.09. The quantitative estimate of drug-likeness (QED) is 0.568. The van der Waals surface area contributed by atoms with Crippen LogP contribution >= 0.6 is 11.3 Å². The summed E-state index contributed by atoms with van der Waals surface area (Å²) >= 11 is 1.43. The number of ether oxygens (including phenoxy) is 2. The van der Waals surface area contributed by atoms with Crippen LogP contribution in [0.5, 0.6) is 0 Å². The van der Waals surface area contributed by atoms with Crippen LogP contribution in [0.4, 0.5) is 0 Å². The molecule has 1 aromatic rings. The van der Waals surface area contributed by atoms with Crippen LogP contribution in [-0.2, 0) is 15.9 Å². The Balaban J connectivity index is 2.34. The third kappa shape index (κ3) is 4.26. The van der Waals surface area contributed by atoms with Gasteiger partial charge in [0.05, 0.1) is 11.6 Å². The van der Waals surface area contributed by atoms with E-state index in [4.69, 9.17) is 15.2 Å². The standard InChI is InChI=1S/C10H16N2O3S/c1-14-5-2-6-15-10(13)8-7-16-9(12-8)3-4-11/h7H,2-6,11H2,1H3. The third-order valence-electron chi connectivity index (χ3n) is 1.85. The zero-order valence-corrected chi connectivity index (χ0v) is 10.1. The highest BCUT2D eigenvalue weighted by atomic mass is 32.1. The van der Waals surface area contributed by atoms with Gasteiger partial charge >= 0.3 is 5.97 Å². The van der Waals surface area contributed by atoms with Crippen molar-refractivity contribution in [3.05, 3.63) is 16.1 Å². The van der Waals surface area contributed by atoms with E-state index in [2.05, 4.69) is 4.98 Å². The average Bonchev–Trinajstić information content (AvgIpc) is 2.73. The fourth-order valence-corrected chi connectivity index (χ4v) is 1.87. The number of nitrogens with zero attached hydrogens (tertiary/aromatic N) is 1. The molecule has 0 unspecified atom stereocenters. The summed E-state index contributed by atoms with van der Waals surface area (Å²) in [5.74, 6) is -0.379. The van der Waals surface area contributed by atoms with Gasteiger partial charge in [0.1, 0.15) is 0 Å². The van der Waals surface area contributed by atoms with Gasteiger partial charge in [-0.3, -0.25) is 0 Å². The number of rotatable bonds is 7. The van der Waals surface area contributed by atoms with E-state index >= 15 is 0 Å². The minimum atomic E-state index is -0.379. The van der Waals surface area contributed by atoms with Crippen LogP contribution in [0.15, 0.2) is 5.38 Å². The third-order valence-corrected chi connectivity index (χ3v) is 2.75. The number of aromatic nitrogens is 1. The fourth-order valence-electron chi connectivity index (χ4n) is 1.09. The first-order valence-corrected chi connectivity index (χ1v) is 5.96. The predicted molar refractivity (Wildman–Crippen MR) is 61.6 cm³/mol. The number of thiazole rings is 1. The van der Waals surface area contributed by atoms with E-state index < -0.39 is 0 Å². The minimum absolute atomic E-state index is 0.358. The zero-order chi connectivity index (χ0) is 11.8. The maximum absolute atomic E-state index is 11.5. The van der Waals surface area contributed by atoms with Crippen molar-refractivity contribution in [1.82, 2.24) is 4.98 Å². The van der Waals surface area contributed by atoms with Crippen LogP contribution in [0.2, 0.25) is 0 Å². The Kier molecular flexibility index (Phi) is 5.99. The number of carbonyl (C=O) groups excluding carboxylic acids is 1. The molecule has 0 aliphatic heterocycles. The number of carbonyl (C=O) groups is 1. The van der Waals surface area contributed by atoms with Gasteiger partial charge in [-0.25, -0.2) is 9.78 Å². The Bertz CT molecular complexity index is 328. The molecule has 5 nitrogen and oxygen atoms in total. The number of nitrogens with two attached hydrogens (primary N) is 1. The van der Waals surface area contributed by atoms with E-state index in [0.717, 1.165) is 5.01 Å². The van der Waals surface area contributed by atoms with Crippen LogP contribution in [0.3, 0.4) is 0 Å². The molecule has 90 valence electrons. The molecule has 0 aliphatic rings. The SMILES string of the molecule is COCCCOC(=O)c1csc(CCN)n1. The number of esters is 1. The molecule has 0 radical (unpaired) electrons. The lowest BCUT2D eigenvalue weighted by molar-refractivity contribution is 0.0462. The van der Waals surface area contributed by atoms with Crippen molar-refractivity contribution >= 4 is 17.3 Å². The summed E-state index contributed by atoms with van der Waals surface area (Å²) < 4.78 is 9.86. The largest absolute Gasteiger partial charge is 0.461 e. The van der Waals surface area contributed by atoms with Gasteiger partial charge in [-0.05, 0) is 6.54 Å². The summed E-state index contributed by atoms with van der Waals surface area (Å²) in [6.45, 7) is 1.48. The average molecular weight is 244 g/mol. The predicted octanol–water partition coefficient (Wildman–Crippen LogP) is 0.838. The molecule has 2 N–H and O–H groups in total. The molecule has 0 spiro atoms. The van der Waals surface area contributed by atoms with E-state index in [1.165, 1.54) is 11.3 Å². The van der Waals surface area contributed by atoms with Crippen molar-refractivity contribution in [3.63, 3.8) is 0 Å². The molecule has 0 saturated heterocycles. The van der Waals surface area contributed by atoms with Gasteiger partial charge in [-0.1, -0.05) is 0 Å². The van der Waals surface area contributed by atoms with E-state index in [9.17, 15) is 4.79 Å². The van der Waals surface area contributed by atoms with Gasteiger partial charge in [0.15, 0.2) is 5.69 Å². The van der Waals surface area contributed by atoms with Crippen molar-refractivity contribution in [1.29, 1.82) is 0 Å². The van der Waals surface area contributed by atoms with Crippen LogP contribution < -0.4 is 5.73 Å². The second-order valence-electron chi connectivity index (χ2n) is 3.15. The molecule has 0 aromatic carbocycles. The number of hydrogen-bond donors (Lipinski definition) is 1. The number of methoxy groups -OCH3 is 1. The van der Waals surface area contributed by atoms with Crippen molar-refractivity contribution in [2.24, 2.45) is 5.73 Å². The molecule has 1 rings (SSSR count). The normalized spacial score (nSPS) is 10.4. The van der Waals surface area contributed by atoms with Crippen LogP contribution in [0.1, 0.15) is 21.9 Å². The Morgan fingerprint density at radius 2 is 2.38 bits per heavy atom. The molecule has 0 amide bonds. The summed E-state index contributed by atoms with van der Waals surface area (Å²) in [7, 11) is 1.61. The number of hydrogen-bond acceptors (Lipinski definition) is 6. The smallest absolute Gasteiger partial charge is 0.357 e. The Morgan fingerprint density at radius 3 is 3.06 bits per heavy atom. The van der Waals surface area contributed by atoms with Gasteiger partial charge < -0.3 is 15.2 Å². The van der Waals surface area contributed by atoms with Gasteiger partial charge in [0.25, 0.3) is 0 Å². The van der Waals surface area contributed by atoms with Crippen LogP contribution in [-0.4, -0.2) is 37.8 Å². The topological polar surface area (TPSA) is 74.4 Å². The monoisotopic (exact) mass is 244 g/mol. The van der Waals surface area contributed by atoms with Gasteiger partial charge in [0, 0.05) is 31.9 Å². The lowest BCUT2D eigenvalue weighted by atomic mass is 10.4.